The molecule has 16 heavy (non-hydrogen) atoms. The molecule has 0 amide bonds. The van der Waals surface area contributed by atoms with Crippen LogP contribution < -0.4 is 10.2 Å². The smallest absolute Gasteiger partial charge is 0.0839 e. The van der Waals surface area contributed by atoms with Crippen molar-refractivity contribution in [2.45, 2.75) is 13.0 Å². The van der Waals surface area contributed by atoms with Crippen LogP contribution in [0.2, 0.25) is 0 Å². The summed E-state index contributed by atoms with van der Waals surface area (Å²) < 4.78 is 1.12. The van der Waals surface area contributed by atoms with E-state index in [0.717, 1.165) is 17.6 Å². The van der Waals surface area contributed by atoms with E-state index in [9.17, 15) is 5.11 Å². The van der Waals surface area contributed by atoms with Gasteiger partial charge in [0.2, 0.25) is 0 Å². The number of nitrogens with zero attached hydrogens (tertiary/aromatic N) is 1. The maximum atomic E-state index is 9.73. The third-order valence-electron chi connectivity index (χ3n) is 2.89. The van der Waals surface area contributed by atoms with Crippen molar-refractivity contribution in [2.75, 3.05) is 31.1 Å². The molecule has 1 unspecified atom stereocenters. The molecule has 4 heteroatoms. The maximum Gasteiger partial charge on any atom is 0.0839 e. The molecule has 1 atom stereocenters. The zero-order valence-corrected chi connectivity index (χ0v) is 11.0. The molecule has 0 aromatic heterocycles. The van der Waals surface area contributed by atoms with Crippen molar-refractivity contribution >= 4 is 21.6 Å². The average molecular weight is 285 g/mol. The Balaban J connectivity index is 2.18. The van der Waals surface area contributed by atoms with Crippen LogP contribution in [0.1, 0.15) is 5.56 Å². The summed E-state index contributed by atoms with van der Waals surface area (Å²) in [5.41, 5.74) is 2.40. The molecule has 1 aromatic carbocycles. The Kier molecular flexibility index (Phi) is 3.84. The summed E-state index contributed by atoms with van der Waals surface area (Å²) in [6.45, 7) is 5.31. The number of benzene rings is 1. The molecule has 0 saturated carbocycles. The number of aryl methyl sites for hydroxylation is 1. The highest BCUT2D eigenvalue weighted by Crippen LogP contribution is 2.23. The monoisotopic (exact) mass is 284 g/mol. The van der Waals surface area contributed by atoms with Gasteiger partial charge in [-0.2, -0.15) is 0 Å². The average Bonchev–Trinajstić information content (AvgIpc) is 2.47. The van der Waals surface area contributed by atoms with Crippen molar-refractivity contribution in [2.24, 2.45) is 0 Å². The van der Waals surface area contributed by atoms with E-state index in [0.29, 0.717) is 13.1 Å². The molecule has 88 valence electrons. The third kappa shape index (κ3) is 2.75. The Labute approximate surface area is 105 Å². The topological polar surface area (TPSA) is 35.5 Å². The molecule has 0 spiro atoms. The molecule has 1 aromatic rings. The van der Waals surface area contributed by atoms with E-state index in [4.69, 9.17) is 0 Å². The van der Waals surface area contributed by atoms with E-state index >= 15 is 0 Å². The highest BCUT2D eigenvalue weighted by atomic mass is 79.9. The highest BCUT2D eigenvalue weighted by Gasteiger charge is 2.16. The standard InChI is InChI=1S/C12H17BrN2O/c1-9-2-3-10(6-12(9)13)15-5-4-14-7-11(16)8-15/h2-3,6,11,14,16H,4-5,7-8H2,1H3. The predicted molar refractivity (Wildman–Crippen MR) is 70.0 cm³/mol. The van der Waals surface area contributed by atoms with Crippen LogP contribution in [0.4, 0.5) is 5.69 Å². The number of nitrogens with one attached hydrogen (secondary N) is 1. The van der Waals surface area contributed by atoms with E-state index in [1.165, 1.54) is 11.3 Å². The quantitative estimate of drug-likeness (QED) is 0.821. The molecule has 0 aliphatic carbocycles. The van der Waals surface area contributed by atoms with Gasteiger partial charge in [-0.25, -0.2) is 0 Å². The number of rotatable bonds is 1. The predicted octanol–water partition coefficient (Wildman–Crippen LogP) is 1.53. The fourth-order valence-electron chi connectivity index (χ4n) is 1.91. The normalized spacial score (nSPS) is 21.9. The number of aliphatic hydroxyl groups is 1. The van der Waals surface area contributed by atoms with Crippen molar-refractivity contribution in [3.8, 4) is 0 Å². The fraction of sp³-hybridized carbons (Fsp3) is 0.500. The molecule has 0 radical (unpaired) electrons. The lowest BCUT2D eigenvalue weighted by atomic mass is 10.2. The zero-order chi connectivity index (χ0) is 11.5. The van der Waals surface area contributed by atoms with Crippen molar-refractivity contribution in [3.05, 3.63) is 28.2 Å². The molecule has 1 aliphatic rings. The van der Waals surface area contributed by atoms with Gasteiger partial charge >= 0.3 is 0 Å². The second kappa shape index (κ2) is 5.17. The van der Waals surface area contributed by atoms with Crippen LogP contribution in [0.5, 0.6) is 0 Å². The fourth-order valence-corrected chi connectivity index (χ4v) is 2.27. The first-order valence-electron chi connectivity index (χ1n) is 5.56. The van der Waals surface area contributed by atoms with Crippen LogP contribution in [0, 0.1) is 6.92 Å². The highest BCUT2D eigenvalue weighted by molar-refractivity contribution is 9.10. The zero-order valence-electron chi connectivity index (χ0n) is 9.41. The lowest BCUT2D eigenvalue weighted by Gasteiger charge is -2.24. The van der Waals surface area contributed by atoms with Gasteiger partial charge in [-0.15, -0.1) is 0 Å². The Morgan fingerprint density at radius 3 is 3.06 bits per heavy atom. The first kappa shape index (κ1) is 11.9. The van der Waals surface area contributed by atoms with Gasteiger partial charge in [0.25, 0.3) is 0 Å². The second-order valence-electron chi connectivity index (χ2n) is 4.24. The third-order valence-corrected chi connectivity index (χ3v) is 3.74. The summed E-state index contributed by atoms with van der Waals surface area (Å²) in [6, 6.07) is 6.33. The van der Waals surface area contributed by atoms with Crippen LogP contribution in [0.15, 0.2) is 22.7 Å². The molecule has 1 aliphatic heterocycles. The minimum absolute atomic E-state index is 0.289. The molecule has 2 rings (SSSR count). The molecule has 0 bridgehead atoms. The van der Waals surface area contributed by atoms with Crippen molar-refractivity contribution < 1.29 is 5.11 Å². The largest absolute Gasteiger partial charge is 0.390 e. The minimum Gasteiger partial charge on any atom is -0.390 e. The SMILES string of the molecule is Cc1ccc(N2CCNCC(O)C2)cc1Br. The molecule has 1 fully saturated rings. The summed E-state index contributed by atoms with van der Waals surface area (Å²) in [5, 5.41) is 12.9. The van der Waals surface area contributed by atoms with E-state index in [1.807, 2.05) is 0 Å². The Morgan fingerprint density at radius 1 is 1.50 bits per heavy atom. The van der Waals surface area contributed by atoms with Crippen molar-refractivity contribution in [1.29, 1.82) is 0 Å². The van der Waals surface area contributed by atoms with Crippen LogP contribution in [0.25, 0.3) is 0 Å². The number of anilines is 1. The minimum atomic E-state index is -0.289. The molecule has 3 nitrogen and oxygen atoms in total. The lowest BCUT2D eigenvalue weighted by Crippen LogP contribution is -2.32. The van der Waals surface area contributed by atoms with Crippen molar-refractivity contribution in [1.82, 2.24) is 5.32 Å². The Bertz CT molecular complexity index is 370. The van der Waals surface area contributed by atoms with E-state index in [2.05, 4.69) is 51.3 Å². The summed E-state index contributed by atoms with van der Waals surface area (Å²) >= 11 is 3.54. The number of aliphatic hydroxyl groups excluding tert-OH is 1. The molecule has 1 saturated heterocycles. The summed E-state index contributed by atoms with van der Waals surface area (Å²) in [4.78, 5) is 2.22. The number of hydrogen-bond donors (Lipinski definition) is 2. The van der Waals surface area contributed by atoms with Gasteiger partial charge in [-0.1, -0.05) is 22.0 Å². The number of β-amino-alcohol motifs (C(OH)–C–C–N with tert-alkyl or cyclic N) is 1. The van der Waals surface area contributed by atoms with Gasteiger partial charge in [0, 0.05) is 36.3 Å². The molecule has 1 heterocycles. The first-order chi connectivity index (χ1) is 7.66. The summed E-state index contributed by atoms with van der Waals surface area (Å²) in [5.74, 6) is 0. The van der Waals surface area contributed by atoms with Crippen LogP contribution in [-0.4, -0.2) is 37.4 Å². The first-order valence-corrected chi connectivity index (χ1v) is 6.36. The maximum absolute atomic E-state index is 9.73. The van der Waals surface area contributed by atoms with Gasteiger partial charge in [0.05, 0.1) is 6.10 Å². The van der Waals surface area contributed by atoms with Gasteiger partial charge in [-0.3, -0.25) is 0 Å². The van der Waals surface area contributed by atoms with Crippen LogP contribution >= 0.6 is 15.9 Å². The molecular formula is C12H17BrN2O. The number of halogens is 1. The van der Waals surface area contributed by atoms with E-state index in [1.54, 1.807) is 0 Å². The van der Waals surface area contributed by atoms with E-state index in [-0.39, 0.29) is 6.10 Å². The van der Waals surface area contributed by atoms with Crippen molar-refractivity contribution in [3.63, 3.8) is 0 Å². The second-order valence-corrected chi connectivity index (χ2v) is 5.09. The van der Waals surface area contributed by atoms with Crippen LogP contribution in [0.3, 0.4) is 0 Å². The van der Waals surface area contributed by atoms with Crippen LogP contribution in [-0.2, 0) is 0 Å². The Hall–Kier alpha value is -0.580. The van der Waals surface area contributed by atoms with Gasteiger partial charge < -0.3 is 15.3 Å². The van der Waals surface area contributed by atoms with Gasteiger partial charge in [0.1, 0.15) is 0 Å². The summed E-state index contributed by atoms with van der Waals surface area (Å²) in [6.07, 6.45) is -0.289. The molecular weight excluding hydrogens is 268 g/mol. The molecule has 2 N–H and O–H groups in total. The van der Waals surface area contributed by atoms with E-state index < -0.39 is 0 Å². The number of hydrogen-bond acceptors (Lipinski definition) is 3. The van der Waals surface area contributed by atoms with Gasteiger partial charge in [0.15, 0.2) is 0 Å². The lowest BCUT2D eigenvalue weighted by molar-refractivity contribution is 0.185. The van der Waals surface area contributed by atoms with Gasteiger partial charge in [-0.05, 0) is 24.6 Å². The Morgan fingerprint density at radius 2 is 2.31 bits per heavy atom. The summed E-state index contributed by atoms with van der Waals surface area (Å²) in [7, 11) is 0.